The van der Waals surface area contributed by atoms with Gasteiger partial charge in [0, 0.05) is 0 Å². The normalized spacial score (nSPS) is 15.8. The van der Waals surface area contributed by atoms with Crippen LogP contribution in [0.1, 0.15) is 46.0 Å². The Morgan fingerprint density at radius 1 is 1.00 bits per heavy atom. The average molecular weight is 256 g/mol. The summed E-state index contributed by atoms with van der Waals surface area (Å²) in [5.74, 6) is 0. The number of rotatable bonds is 6. The molecule has 0 radical (unpaired) electrons. The van der Waals surface area contributed by atoms with E-state index in [1.165, 1.54) is 32.1 Å². The topological polar surface area (TPSA) is 0 Å². The van der Waals surface area contributed by atoms with Gasteiger partial charge in [0.15, 0.2) is 0 Å². The van der Waals surface area contributed by atoms with Crippen molar-refractivity contribution in [1.29, 1.82) is 0 Å². The molecule has 0 spiro atoms. The van der Waals surface area contributed by atoms with E-state index in [1.807, 2.05) is 0 Å². The maximum Gasteiger partial charge on any atom is 0.0828 e. The minimum absolute atomic E-state index is 0.213. The zero-order valence-corrected chi connectivity index (χ0v) is 13.1. The summed E-state index contributed by atoms with van der Waals surface area (Å²) in [6.45, 7) is 4.58. The number of hydrogen-bond donors (Lipinski definition) is 0. The lowest BCUT2D eigenvalue weighted by atomic mass is 10.0. The molecule has 0 bridgehead atoms. The monoisotopic (exact) mass is 256 g/mol. The smallest absolute Gasteiger partial charge is 0.0783 e. The zero-order valence-electron chi connectivity index (χ0n) is 11.7. The zero-order chi connectivity index (χ0) is 12.8. The van der Waals surface area contributed by atoms with Crippen molar-refractivity contribution < 1.29 is 0 Å². The van der Waals surface area contributed by atoms with E-state index in [0.29, 0.717) is 0 Å². The van der Waals surface area contributed by atoms with Crippen LogP contribution < -0.4 is 5.19 Å². The second-order valence-electron chi connectivity index (χ2n) is 5.27. The lowest BCUT2D eigenvalue weighted by Gasteiger charge is -2.05. The predicted octanol–water partition coefficient (Wildman–Crippen LogP) is 3.67. The molecule has 0 saturated heterocycles. The van der Waals surface area contributed by atoms with Gasteiger partial charge in [0.05, 0.1) is 9.52 Å². The van der Waals surface area contributed by atoms with E-state index in [1.54, 1.807) is 21.5 Å². The molecule has 2 rings (SSSR count). The van der Waals surface area contributed by atoms with Crippen molar-refractivity contribution in [3.8, 4) is 0 Å². The van der Waals surface area contributed by atoms with E-state index < -0.39 is 0 Å². The molecule has 0 amide bonds. The van der Waals surface area contributed by atoms with Crippen LogP contribution in [0.2, 0.25) is 0 Å². The van der Waals surface area contributed by atoms with Gasteiger partial charge in [-0.25, -0.2) is 0 Å². The number of allylic oxidation sites excluding steroid dienone is 4. The molecule has 1 aliphatic rings. The Kier molecular flexibility index (Phi) is 5.00. The van der Waals surface area contributed by atoms with Crippen LogP contribution in [0.25, 0.3) is 0 Å². The molecule has 0 nitrogen and oxygen atoms in total. The summed E-state index contributed by atoms with van der Waals surface area (Å²) >= 11 is 0. The standard InChI is InChI=1S/C17H24Si/c1-3-8-14-12-17(13-15(14)9-4-2)18-16-10-6-5-7-11-16/h5-7,10-12H,3-4,8-9,13,18H2,1-2H3. The first-order chi connectivity index (χ1) is 8.83. The van der Waals surface area contributed by atoms with Crippen LogP contribution >= 0.6 is 0 Å². The fraction of sp³-hybridized carbons (Fsp3) is 0.412. The van der Waals surface area contributed by atoms with Crippen LogP contribution in [0.15, 0.2) is 52.8 Å². The first-order valence-corrected chi connectivity index (χ1v) is 8.69. The molecule has 0 atom stereocenters. The van der Waals surface area contributed by atoms with Crippen molar-refractivity contribution >= 4 is 14.7 Å². The van der Waals surface area contributed by atoms with Crippen molar-refractivity contribution in [3.63, 3.8) is 0 Å². The van der Waals surface area contributed by atoms with Crippen LogP contribution in [0.3, 0.4) is 0 Å². The lowest BCUT2D eigenvalue weighted by molar-refractivity contribution is 0.845. The first kappa shape index (κ1) is 13.4. The van der Waals surface area contributed by atoms with E-state index in [-0.39, 0.29) is 9.52 Å². The van der Waals surface area contributed by atoms with Crippen LogP contribution in [-0.4, -0.2) is 9.52 Å². The van der Waals surface area contributed by atoms with Gasteiger partial charge in [-0.3, -0.25) is 0 Å². The summed E-state index contributed by atoms with van der Waals surface area (Å²) in [4.78, 5) is 0. The number of hydrogen-bond acceptors (Lipinski definition) is 0. The maximum atomic E-state index is 2.54. The van der Waals surface area contributed by atoms with Crippen molar-refractivity contribution in [2.75, 3.05) is 0 Å². The minimum Gasteiger partial charge on any atom is -0.0783 e. The number of benzene rings is 1. The van der Waals surface area contributed by atoms with Crippen molar-refractivity contribution in [2.45, 2.75) is 46.0 Å². The van der Waals surface area contributed by atoms with Crippen molar-refractivity contribution in [3.05, 3.63) is 52.8 Å². The molecular weight excluding hydrogens is 232 g/mol. The second kappa shape index (κ2) is 6.74. The first-order valence-electron chi connectivity index (χ1n) is 7.27. The van der Waals surface area contributed by atoms with Gasteiger partial charge in [0.2, 0.25) is 0 Å². The van der Waals surface area contributed by atoms with Crippen LogP contribution in [0.5, 0.6) is 0 Å². The summed E-state index contributed by atoms with van der Waals surface area (Å²) in [6.07, 6.45) is 8.97. The van der Waals surface area contributed by atoms with Gasteiger partial charge in [0.25, 0.3) is 0 Å². The van der Waals surface area contributed by atoms with Gasteiger partial charge in [0.1, 0.15) is 0 Å². The molecule has 0 aromatic heterocycles. The second-order valence-corrected chi connectivity index (χ2v) is 7.35. The van der Waals surface area contributed by atoms with Crippen LogP contribution in [0.4, 0.5) is 0 Å². The molecule has 0 heterocycles. The third-order valence-electron chi connectivity index (χ3n) is 3.62. The Morgan fingerprint density at radius 3 is 2.39 bits per heavy atom. The van der Waals surface area contributed by atoms with Gasteiger partial charge in [-0.1, -0.05) is 79.1 Å². The Balaban J connectivity index is 2.03. The highest BCUT2D eigenvalue weighted by atomic mass is 28.2. The molecule has 0 unspecified atom stereocenters. The lowest BCUT2D eigenvalue weighted by Crippen LogP contribution is -2.15. The minimum atomic E-state index is -0.213. The molecule has 1 heteroatoms. The largest absolute Gasteiger partial charge is 0.0828 e. The average Bonchev–Trinajstić information content (AvgIpc) is 2.74. The molecule has 96 valence electrons. The highest BCUT2D eigenvalue weighted by Gasteiger charge is 2.15. The molecule has 0 N–H and O–H groups in total. The van der Waals surface area contributed by atoms with Crippen molar-refractivity contribution in [1.82, 2.24) is 0 Å². The highest BCUT2D eigenvalue weighted by molar-refractivity contribution is 6.61. The van der Waals surface area contributed by atoms with Gasteiger partial charge in [-0.05, 0) is 24.8 Å². The Hall–Kier alpha value is -1.08. The summed E-state index contributed by atoms with van der Waals surface area (Å²) in [7, 11) is -0.213. The van der Waals surface area contributed by atoms with Gasteiger partial charge >= 0.3 is 0 Å². The molecule has 0 aliphatic heterocycles. The van der Waals surface area contributed by atoms with E-state index in [0.717, 1.165) is 0 Å². The van der Waals surface area contributed by atoms with Gasteiger partial charge in [-0.2, -0.15) is 0 Å². The molecule has 1 aromatic carbocycles. The summed E-state index contributed by atoms with van der Waals surface area (Å²) in [6, 6.07) is 11.1. The third kappa shape index (κ3) is 3.46. The third-order valence-corrected chi connectivity index (χ3v) is 5.41. The Labute approximate surface area is 114 Å². The maximum absolute atomic E-state index is 2.54. The summed E-state index contributed by atoms with van der Waals surface area (Å²) in [5.41, 5.74) is 3.40. The molecule has 18 heavy (non-hydrogen) atoms. The fourth-order valence-electron chi connectivity index (χ4n) is 2.83. The molecule has 1 aromatic rings. The Morgan fingerprint density at radius 2 is 1.72 bits per heavy atom. The van der Waals surface area contributed by atoms with E-state index in [2.05, 4.69) is 50.3 Å². The van der Waals surface area contributed by atoms with Gasteiger partial charge < -0.3 is 0 Å². The summed E-state index contributed by atoms with van der Waals surface area (Å²) < 4.78 is 0. The van der Waals surface area contributed by atoms with E-state index in [9.17, 15) is 0 Å². The summed E-state index contributed by atoms with van der Waals surface area (Å²) in [5, 5.41) is 3.32. The SMILES string of the molecule is CCCC1=C(CCC)CC([SiH2]c2ccccc2)=C1. The van der Waals surface area contributed by atoms with Crippen LogP contribution in [-0.2, 0) is 0 Å². The molecular formula is C17H24Si. The van der Waals surface area contributed by atoms with Crippen LogP contribution in [0, 0.1) is 0 Å². The quantitative estimate of drug-likeness (QED) is 0.681. The Bertz CT molecular complexity index is 440. The fourth-order valence-corrected chi connectivity index (χ4v) is 4.64. The molecule has 1 aliphatic carbocycles. The van der Waals surface area contributed by atoms with E-state index in [4.69, 9.17) is 0 Å². The van der Waals surface area contributed by atoms with E-state index >= 15 is 0 Å². The molecule has 0 fully saturated rings. The van der Waals surface area contributed by atoms with Gasteiger partial charge in [-0.15, -0.1) is 0 Å². The molecule has 0 saturated carbocycles. The predicted molar refractivity (Wildman–Crippen MR) is 84.2 cm³/mol. The van der Waals surface area contributed by atoms with Crippen molar-refractivity contribution in [2.24, 2.45) is 0 Å². The highest BCUT2D eigenvalue weighted by Crippen LogP contribution is 2.30.